The predicted molar refractivity (Wildman–Crippen MR) is 131 cm³/mol. The van der Waals surface area contributed by atoms with E-state index in [1.807, 2.05) is 36.4 Å². The van der Waals surface area contributed by atoms with Crippen LogP contribution in [0, 0.1) is 5.21 Å². The first kappa shape index (κ1) is 24.7. The van der Waals surface area contributed by atoms with Gasteiger partial charge in [0.2, 0.25) is 0 Å². The van der Waals surface area contributed by atoms with Crippen LogP contribution in [0.3, 0.4) is 0 Å². The third-order valence-corrected chi connectivity index (χ3v) is 7.64. The number of rotatable bonds is 9. The molecule has 3 unspecified atom stereocenters. The van der Waals surface area contributed by atoms with Crippen molar-refractivity contribution in [1.29, 1.82) is 0 Å². The molecule has 0 amide bonds. The van der Waals surface area contributed by atoms with Crippen molar-refractivity contribution in [2.24, 2.45) is 0 Å². The number of hydroxylamine groups is 2. The number of esters is 1. The van der Waals surface area contributed by atoms with Crippen LogP contribution in [0.2, 0.25) is 0 Å². The van der Waals surface area contributed by atoms with Crippen LogP contribution in [0.25, 0.3) is 0 Å². The number of thioether (sulfide) groups is 1. The van der Waals surface area contributed by atoms with Crippen molar-refractivity contribution < 1.29 is 19.4 Å². The zero-order valence-corrected chi connectivity index (χ0v) is 20.2. The summed E-state index contributed by atoms with van der Waals surface area (Å²) in [5.74, 6) is -1.01. The Bertz CT molecular complexity index is 1020. The summed E-state index contributed by atoms with van der Waals surface area (Å²) >= 11 is 1.55. The fourth-order valence-corrected chi connectivity index (χ4v) is 5.96. The molecule has 0 fully saturated rings. The number of hydrogen-bond acceptors (Lipinski definition) is 7. The molecular weight excluding hydrogens is 452 g/mol. The van der Waals surface area contributed by atoms with Crippen molar-refractivity contribution in [2.45, 2.75) is 68.6 Å². The standard InChI is InChI=1S/C26H31N2O5S/c1-2-33-26(31)21(12-11-17-7-4-3-5-8-17)27-24-16-34-23-14-19-10-6-9-18(19)13-20(23)22(28(24)32)15-25(29)30/h3-5,7-8,13-14,21-22,24,27H,2,6,9-12,15-16H2,1H3,(H,29,30)/q-1. The Morgan fingerprint density at radius 3 is 2.68 bits per heavy atom. The summed E-state index contributed by atoms with van der Waals surface area (Å²) in [6, 6.07) is 12.5. The molecule has 8 heteroatoms. The number of nitrogens with one attached hydrogen (secondary N) is 1. The lowest BCUT2D eigenvalue weighted by Crippen LogP contribution is -2.52. The summed E-state index contributed by atoms with van der Waals surface area (Å²) in [5.41, 5.74) is 4.38. The number of ether oxygens (including phenoxy) is 1. The minimum absolute atomic E-state index is 0.251. The smallest absolute Gasteiger partial charge is 0.323 e. The molecule has 1 aliphatic carbocycles. The molecule has 4 rings (SSSR count). The van der Waals surface area contributed by atoms with E-state index in [2.05, 4.69) is 11.4 Å². The van der Waals surface area contributed by atoms with Crippen LogP contribution < -0.4 is 5.32 Å². The number of fused-ring (bicyclic) bond motifs is 2. The summed E-state index contributed by atoms with van der Waals surface area (Å²) in [7, 11) is 0. The lowest BCUT2D eigenvalue weighted by atomic mass is 9.98. The molecule has 2 aliphatic rings. The number of aliphatic carboxylic acids is 1. The highest BCUT2D eigenvalue weighted by Gasteiger charge is 2.32. The van der Waals surface area contributed by atoms with Gasteiger partial charge < -0.3 is 20.1 Å². The van der Waals surface area contributed by atoms with Gasteiger partial charge in [0, 0.05) is 16.7 Å². The van der Waals surface area contributed by atoms with E-state index in [0.717, 1.165) is 40.3 Å². The maximum Gasteiger partial charge on any atom is 0.323 e. The summed E-state index contributed by atoms with van der Waals surface area (Å²) in [4.78, 5) is 25.4. The normalized spacial score (nSPS) is 20.8. The van der Waals surface area contributed by atoms with Gasteiger partial charge in [-0.2, -0.15) is 0 Å². The van der Waals surface area contributed by atoms with Crippen LogP contribution in [0.4, 0.5) is 0 Å². The van der Waals surface area contributed by atoms with Crippen LogP contribution >= 0.6 is 11.8 Å². The third kappa shape index (κ3) is 5.81. The number of carbonyl (C=O) groups is 2. The Morgan fingerprint density at radius 1 is 1.24 bits per heavy atom. The van der Waals surface area contributed by atoms with E-state index in [1.165, 1.54) is 11.1 Å². The van der Waals surface area contributed by atoms with E-state index in [1.54, 1.807) is 18.7 Å². The Balaban J connectivity index is 1.56. The lowest BCUT2D eigenvalue weighted by Gasteiger charge is -2.43. The summed E-state index contributed by atoms with van der Waals surface area (Å²) in [6.07, 6.45) is 3.17. The highest BCUT2D eigenvalue weighted by molar-refractivity contribution is 7.99. The van der Waals surface area contributed by atoms with Crippen molar-refractivity contribution in [1.82, 2.24) is 10.4 Å². The van der Waals surface area contributed by atoms with Crippen LogP contribution in [-0.2, 0) is 33.6 Å². The number of carbonyl (C=O) groups excluding carboxylic acids is 1. The van der Waals surface area contributed by atoms with Gasteiger partial charge in [0.1, 0.15) is 6.04 Å². The molecule has 34 heavy (non-hydrogen) atoms. The van der Waals surface area contributed by atoms with E-state index in [9.17, 15) is 19.9 Å². The van der Waals surface area contributed by atoms with Gasteiger partial charge >= 0.3 is 11.9 Å². The zero-order valence-electron chi connectivity index (χ0n) is 19.4. The van der Waals surface area contributed by atoms with Gasteiger partial charge in [0.05, 0.1) is 19.2 Å². The summed E-state index contributed by atoms with van der Waals surface area (Å²) in [5, 5.41) is 27.2. The second-order valence-corrected chi connectivity index (χ2v) is 9.87. The molecule has 1 aliphatic heterocycles. The largest absolute Gasteiger partial charge is 0.784 e. The molecule has 2 aromatic carbocycles. The van der Waals surface area contributed by atoms with E-state index in [-0.39, 0.29) is 13.0 Å². The first-order chi connectivity index (χ1) is 16.5. The maximum atomic E-state index is 13.6. The molecule has 1 heterocycles. The SMILES string of the molecule is CCOC(=O)C(CCc1ccccc1)NC1CSc2cc3c(cc2C(CC(=O)O)N1[O-])CCC3. The van der Waals surface area contributed by atoms with Crippen LogP contribution in [-0.4, -0.2) is 46.7 Å². The summed E-state index contributed by atoms with van der Waals surface area (Å²) in [6.45, 7) is 2.01. The predicted octanol–water partition coefficient (Wildman–Crippen LogP) is 4.08. The number of carboxylic acid groups (broad SMARTS) is 1. The highest BCUT2D eigenvalue weighted by Crippen LogP contribution is 2.41. The van der Waals surface area contributed by atoms with Gasteiger partial charge in [0.15, 0.2) is 0 Å². The van der Waals surface area contributed by atoms with Crippen molar-refractivity contribution in [3.63, 3.8) is 0 Å². The minimum atomic E-state index is -1.02. The fraction of sp³-hybridized carbons (Fsp3) is 0.462. The molecular formula is C26H31N2O5S-. The quantitative estimate of drug-likeness (QED) is 0.515. The van der Waals surface area contributed by atoms with Gasteiger partial charge in [0.25, 0.3) is 0 Å². The van der Waals surface area contributed by atoms with Gasteiger partial charge in [-0.15, -0.1) is 11.8 Å². The van der Waals surface area contributed by atoms with E-state index in [4.69, 9.17) is 4.74 Å². The molecule has 0 bridgehead atoms. The van der Waals surface area contributed by atoms with Gasteiger partial charge in [-0.05, 0) is 67.3 Å². The number of aryl methyl sites for hydroxylation is 3. The number of hydrogen-bond donors (Lipinski definition) is 2. The lowest BCUT2D eigenvalue weighted by molar-refractivity contribution is -0.146. The monoisotopic (exact) mass is 483 g/mol. The molecule has 2 aromatic rings. The van der Waals surface area contributed by atoms with E-state index >= 15 is 0 Å². The number of nitrogens with zero attached hydrogens (tertiary/aromatic N) is 1. The first-order valence-corrected chi connectivity index (χ1v) is 12.9. The van der Waals surface area contributed by atoms with Crippen LogP contribution in [0.5, 0.6) is 0 Å². The Morgan fingerprint density at radius 2 is 1.97 bits per heavy atom. The second-order valence-electron chi connectivity index (χ2n) is 8.81. The Kier molecular flexibility index (Phi) is 8.26. The minimum Gasteiger partial charge on any atom is -0.784 e. The molecule has 3 atom stereocenters. The maximum absolute atomic E-state index is 13.6. The van der Waals surface area contributed by atoms with Gasteiger partial charge in [-0.25, -0.2) is 0 Å². The van der Waals surface area contributed by atoms with Crippen LogP contribution in [0.15, 0.2) is 47.4 Å². The number of benzene rings is 2. The fourth-order valence-electron chi connectivity index (χ4n) is 4.79. The van der Waals surface area contributed by atoms with Crippen molar-refractivity contribution in [3.8, 4) is 0 Å². The van der Waals surface area contributed by atoms with Crippen molar-refractivity contribution >= 4 is 23.7 Å². The molecule has 0 aromatic heterocycles. The van der Waals surface area contributed by atoms with E-state index < -0.39 is 30.2 Å². The molecule has 0 radical (unpaired) electrons. The average molecular weight is 484 g/mol. The molecule has 0 saturated heterocycles. The number of carboxylic acids is 1. The van der Waals surface area contributed by atoms with Gasteiger partial charge in [-0.3, -0.25) is 14.9 Å². The van der Waals surface area contributed by atoms with Crippen LogP contribution in [0.1, 0.15) is 54.5 Å². The molecule has 0 saturated carbocycles. The van der Waals surface area contributed by atoms with E-state index in [0.29, 0.717) is 18.6 Å². The van der Waals surface area contributed by atoms with Crippen molar-refractivity contribution in [2.75, 3.05) is 12.4 Å². The molecule has 0 spiro atoms. The molecule has 2 N–H and O–H groups in total. The van der Waals surface area contributed by atoms with Gasteiger partial charge in [-0.1, -0.05) is 36.4 Å². The summed E-state index contributed by atoms with van der Waals surface area (Å²) < 4.78 is 5.28. The average Bonchev–Trinajstić information content (AvgIpc) is 3.25. The Labute approximate surface area is 204 Å². The highest BCUT2D eigenvalue weighted by atomic mass is 32.2. The second kappa shape index (κ2) is 11.4. The van der Waals surface area contributed by atoms with Crippen molar-refractivity contribution in [3.05, 3.63) is 69.9 Å². The topological polar surface area (TPSA) is 102 Å². The molecule has 182 valence electrons. The zero-order chi connectivity index (χ0) is 24.1. The Hall–Kier alpha value is -2.39. The third-order valence-electron chi connectivity index (χ3n) is 6.49. The molecule has 7 nitrogen and oxygen atoms in total. The first-order valence-electron chi connectivity index (χ1n) is 11.9.